The van der Waals surface area contributed by atoms with Crippen LogP contribution >= 0.6 is 0 Å². The van der Waals surface area contributed by atoms with E-state index in [4.69, 9.17) is 4.74 Å². The summed E-state index contributed by atoms with van der Waals surface area (Å²) in [5.74, 6) is 0.807. The summed E-state index contributed by atoms with van der Waals surface area (Å²) in [6, 6.07) is 9.61. The molecule has 0 aliphatic rings. The molecule has 0 aliphatic carbocycles. The molecule has 0 saturated carbocycles. The number of nitrogens with one attached hydrogen (secondary N) is 2. The zero-order valence-electron chi connectivity index (χ0n) is 15.3. The maximum Gasteiger partial charge on any atom is 0.315 e. The molecule has 2 amide bonds. The third-order valence-corrected chi connectivity index (χ3v) is 3.96. The lowest BCUT2D eigenvalue weighted by Gasteiger charge is -2.26. The number of hydrogen-bond acceptors (Lipinski definition) is 4. The maximum absolute atomic E-state index is 12.2. The van der Waals surface area contributed by atoms with E-state index < -0.39 is 0 Å². The zero-order chi connectivity index (χ0) is 18.2. The van der Waals surface area contributed by atoms with E-state index in [-0.39, 0.29) is 18.1 Å². The topological polar surface area (TPSA) is 71.4 Å². The van der Waals surface area contributed by atoms with E-state index in [1.54, 1.807) is 18.0 Å². The van der Waals surface area contributed by atoms with Crippen LogP contribution in [0.4, 0.5) is 4.79 Å². The van der Waals surface area contributed by atoms with E-state index in [0.29, 0.717) is 13.1 Å². The third-order valence-electron chi connectivity index (χ3n) is 3.96. The summed E-state index contributed by atoms with van der Waals surface area (Å²) in [5, 5.41) is 10.0. The van der Waals surface area contributed by atoms with Crippen LogP contribution in [0.25, 0.3) is 0 Å². The molecule has 2 rings (SSSR count). The SMILES string of the molecule is COc1cccc([C@H](CNC(=O)N[C@@H](C)Cn2cccn2)N(C)C)c1. The minimum absolute atomic E-state index is 0.0190. The maximum atomic E-state index is 12.2. The highest BCUT2D eigenvalue weighted by atomic mass is 16.5. The second kappa shape index (κ2) is 9.08. The van der Waals surface area contributed by atoms with Gasteiger partial charge in [-0.3, -0.25) is 4.68 Å². The highest BCUT2D eigenvalue weighted by Gasteiger charge is 2.16. The highest BCUT2D eigenvalue weighted by Crippen LogP contribution is 2.21. The fourth-order valence-corrected chi connectivity index (χ4v) is 2.65. The van der Waals surface area contributed by atoms with Crippen molar-refractivity contribution in [2.45, 2.75) is 25.6 Å². The van der Waals surface area contributed by atoms with Crippen molar-refractivity contribution >= 4 is 6.03 Å². The van der Waals surface area contributed by atoms with Crippen LogP contribution in [0.2, 0.25) is 0 Å². The molecule has 0 unspecified atom stereocenters. The summed E-state index contributed by atoms with van der Waals surface area (Å²) >= 11 is 0. The molecule has 2 aromatic rings. The molecule has 7 heteroatoms. The monoisotopic (exact) mass is 345 g/mol. The molecule has 1 aromatic carbocycles. The van der Waals surface area contributed by atoms with Gasteiger partial charge >= 0.3 is 6.03 Å². The first kappa shape index (κ1) is 18.8. The third kappa shape index (κ3) is 5.79. The minimum Gasteiger partial charge on any atom is -0.497 e. The Kier molecular flexibility index (Phi) is 6.82. The van der Waals surface area contributed by atoms with Gasteiger partial charge < -0.3 is 20.3 Å². The average molecular weight is 345 g/mol. The van der Waals surface area contributed by atoms with Crippen LogP contribution in [0.3, 0.4) is 0 Å². The molecule has 1 heterocycles. The number of aromatic nitrogens is 2. The summed E-state index contributed by atoms with van der Waals surface area (Å²) in [5.41, 5.74) is 1.09. The summed E-state index contributed by atoms with van der Waals surface area (Å²) < 4.78 is 7.08. The lowest BCUT2D eigenvalue weighted by atomic mass is 10.1. The number of rotatable bonds is 8. The summed E-state index contributed by atoms with van der Waals surface area (Å²) in [7, 11) is 5.63. The molecular weight excluding hydrogens is 318 g/mol. The van der Waals surface area contributed by atoms with Gasteiger partial charge in [-0.1, -0.05) is 12.1 Å². The lowest BCUT2D eigenvalue weighted by molar-refractivity contribution is 0.228. The van der Waals surface area contributed by atoms with Gasteiger partial charge in [-0.25, -0.2) is 4.79 Å². The van der Waals surface area contributed by atoms with Gasteiger partial charge in [-0.15, -0.1) is 0 Å². The normalized spacial score (nSPS) is 13.3. The van der Waals surface area contributed by atoms with Crippen molar-refractivity contribution < 1.29 is 9.53 Å². The van der Waals surface area contributed by atoms with Crippen LogP contribution in [-0.2, 0) is 6.54 Å². The van der Waals surface area contributed by atoms with E-state index in [1.807, 2.05) is 57.5 Å². The standard InChI is InChI=1S/C18H27N5O2/c1-14(13-23-10-6-9-20-23)21-18(24)19-12-17(22(2)3)15-7-5-8-16(11-15)25-4/h5-11,14,17H,12-13H2,1-4H3,(H2,19,21,24)/t14-,17-/m0/s1. The van der Waals surface area contributed by atoms with Crippen molar-refractivity contribution in [1.29, 1.82) is 0 Å². The van der Waals surface area contributed by atoms with Crippen molar-refractivity contribution in [2.24, 2.45) is 0 Å². The largest absolute Gasteiger partial charge is 0.497 e. The van der Waals surface area contributed by atoms with Crippen molar-refractivity contribution in [3.05, 3.63) is 48.3 Å². The first-order valence-electron chi connectivity index (χ1n) is 8.31. The van der Waals surface area contributed by atoms with E-state index >= 15 is 0 Å². The van der Waals surface area contributed by atoms with Crippen molar-refractivity contribution in [3.8, 4) is 5.75 Å². The fraction of sp³-hybridized carbons (Fsp3) is 0.444. The first-order valence-corrected chi connectivity index (χ1v) is 8.31. The first-order chi connectivity index (χ1) is 12.0. The number of carbonyl (C=O) groups is 1. The Morgan fingerprint density at radius 3 is 2.80 bits per heavy atom. The molecule has 2 N–H and O–H groups in total. The van der Waals surface area contributed by atoms with Gasteiger partial charge in [0.25, 0.3) is 0 Å². The minimum atomic E-state index is -0.186. The van der Waals surface area contributed by atoms with Gasteiger partial charge in [-0.05, 0) is 44.8 Å². The molecule has 2 atom stereocenters. The molecule has 25 heavy (non-hydrogen) atoms. The van der Waals surface area contributed by atoms with Gasteiger partial charge in [0, 0.05) is 25.0 Å². The Bertz CT molecular complexity index is 657. The van der Waals surface area contributed by atoms with E-state index in [2.05, 4.69) is 20.6 Å². The number of ether oxygens (including phenoxy) is 1. The van der Waals surface area contributed by atoms with Gasteiger partial charge in [0.15, 0.2) is 0 Å². The van der Waals surface area contributed by atoms with Crippen molar-refractivity contribution in [2.75, 3.05) is 27.7 Å². The van der Waals surface area contributed by atoms with Crippen LogP contribution in [0, 0.1) is 0 Å². The molecule has 0 radical (unpaired) electrons. The van der Waals surface area contributed by atoms with Gasteiger partial charge in [0.2, 0.25) is 0 Å². The van der Waals surface area contributed by atoms with Crippen LogP contribution in [0.1, 0.15) is 18.5 Å². The second-order valence-corrected chi connectivity index (χ2v) is 6.24. The van der Waals surface area contributed by atoms with E-state index in [0.717, 1.165) is 11.3 Å². The van der Waals surface area contributed by atoms with Gasteiger partial charge in [0.1, 0.15) is 5.75 Å². The van der Waals surface area contributed by atoms with E-state index in [9.17, 15) is 4.79 Å². The average Bonchev–Trinajstić information content (AvgIpc) is 3.07. The zero-order valence-corrected chi connectivity index (χ0v) is 15.3. The molecule has 0 fully saturated rings. The quantitative estimate of drug-likeness (QED) is 0.766. The van der Waals surface area contributed by atoms with Crippen LogP contribution < -0.4 is 15.4 Å². The van der Waals surface area contributed by atoms with Crippen LogP contribution in [-0.4, -0.2) is 54.5 Å². The number of amides is 2. The van der Waals surface area contributed by atoms with E-state index in [1.165, 1.54) is 0 Å². The number of carbonyl (C=O) groups excluding carboxylic acids is 1. The predicted molar refractivity (Wildman–Crippen MR) is 97.6 cm³/mol. The summed E-state index contributed by atoms with van der Waals surface area (Å²) in [6.45, 7) is 3.08. The second-order valence-electron chi connectivity index (χ2n) is 6.24. The Balaban J connectivity index is 1.88. The Hall–Kier alpha value is -2.54. The lowest BCUT2D eigenvalue weighted by Crippen LogP contribution is -2.45. The highest BCUT2D eigenvalue weighted by molar-refractivity contribution is 5.74. The molecule has 0 saturated heterocycles. The van der Waals surface area contributed by atoms with Crippen LogP contribution in [0.15, 0.2) is 42.7 Å². The van der Waals surface area contributed by atoms with Crippen molar-refractivity contribution in [3.63, 3.8) is 0 Å². The number of methoxy groups -OCH3 is 1. The number of likely N-dealkylation sites (N-methyl/N-ethyl adjacent to an activating group) is 1. The summed E-state index contributed by atoms with van der Waals surface area (Å²) in [4.78, 5) is 14.2. The summed E-state index contributed by atoms with van der Waals surface area (Å²) in [6.07, 6.45) is 3.60. The number of hydrogen-bond donors (Lipinski definition) is 2. The Morgan fingerprint density at radius 2 is 2.16 bits per heavy atom. The molecule has 1 aromatic heterocycles. The molecular formula is C18H27N5O2. The number of benzene rings is 1. The molecule has 136 valence electrons. The van der Waals surface area contributed by atoms with Gasteiger partial charge in [-0.2, -0.15) is 5.10 Å². The molecule has 0 bridgehead atoms. The fourth-order valence-electron chi connectivity index (χ4n) is 2.65. The predicted octanol–water partition coefficient (Wildman–Crippen LogP) is 1.88. The number of urea groups is 1. The smallest absolute Gasteiger partial charge is 0.315 e. The van der Waals surface area contributed by atoms with Crippen LogP contribution in [0.5, 0.6) is 5.75 Å². The Morgan fingerprint density at radius 1 is 1.36 bits per heavy atom. The Labute approximate surface area is 149 Å². The number of nitrogens with zero attached hydrogens (tertiary/aromatic N) is 3. The molecule has 7 nitrogen and oxygen atoms in total. The molecule has 0 aliphatic heterocycles. The molecule has 0 spiro atoms. The van der Waals surface area contributed by atoms with Crippen molar-refractivity contribution in [1.82, 2.24) is 25.3 Å². The van der Waals surface area contributed by atoms with Gasteiger partial charge in [0.05, 0.1) is 19.7 Å².